The molecule has 1 aliphatic heterocycles. The molecule has 1 atom stereocenters. The molecule has 0 spiro atoms. The second kappa shape index (κ2) is 6.31. The summed E-state index contributed by atoms with van der Waals surface area (Å²) in [6.45, 7) is 5.76. The number of hydrogen-bond donors (Lipinski definition) is 0. The smallest absolute Gasteiger partial charge is 0.259 e. The first-order valence-electron chi connectivity index (χ1n) is 8.75. The van der Waals surface area contributed by atoms with Crippen LogP contribution >= 0.6 is 0 Å². The third kappa shape index (κ3) is 2.79. The SMILES string of the molecule is CC(C)c1nccn1C1CCCN(C(=O)c2cnn3cccnc23)C1. The van der Waals surface area contributed by atoms with Gasteiger partial charge in [-0.15, -0.1) is 0 Å². The van der Waals surface area contributed by atoms with Gasteiger partial charge in [0.15, 0.2) is 5.65 Å². The second-order valence-corrected chi connectivity index (χ2v) is 6.84. The molecule has 130 valence electrons. The number of imidazole rings is 1. The van der Waals surface area contributed by atoms with Gasteiger partial charge in [-0.25, -0.2) is 14.5 Å². The van der Waals surface area contributed by atoms with E-state index in [9.17, 15) is 4.79 Å². The maximum atomic E-state index is 13.0. The van der Waals surface area contributed by atoms with E-state index in [-0.39, 0.29) is 11.9 Å². The van der Waals surface area contributed by atoms with E-state index in [2.05, 4.69) is 33.5 Å². The van der Waals surface area contributed by atoms with E-state index < -0.39 is 0 Å². The lowest BCUT2D eigenvalue weighted by Gasteiger charge is -2.34. The average Bonchev–Trinajstić information content (AvgIpc) is 3.28. The standard InChI is InChI=1S/C18H22N6O/c1-13(2)16-20-7-10-23(16)14-5-3-8-22(12-14)18(25)15-11-21-24-9-4-6-19-17(15)24/h4,6-7,9-11,13-14H,3,5,8,12H2,1-2H3. The van der Waals surface area contributed by atoms with Crippen molar-refractivity contribution in [2.45, 2.75) is 38.6 Å². The van der Waals surface area contributed by atoms with E-state index in [0.717, 1.165) is 25.2 Å². The molecule has 4 heterocycles. The third-order valence-electron chi connectivity index (χ3n) is 4.80. The molecule has 1 fully saturated rings. The van der Waals surface area contributed by atoms with Gasteiger partial charge in [-0.1, -0.05) is 13.8 Å². The maximum Gasteiger partial charge on any atom is 0.259 e. The van der Waals surface area contributed by atoms with Gasteiger partial charge < -0.3 is 9.47 Å². The lowest BCUT2D eigenvalue weighted by molar-refractivity contribution is 0.0679. The molecule has 3 aromatic rings. The van der Waals surface area contributed by atoms with Crippen LogP contribution in [0.4, 0.5) is 0 Å². The van der Waals surface area contributed by atoms with Gasteiger partial charge in [-0.2, -0.15) is 5.10 Å². The number of carbonyl (C=O) groups excluding carboxylic acids is 1. The summed E-state index contributed by atoms with van der Waals surface area (Å²) in [4.78, 5) is 23.7. The van der Waals surface area contributed by atoms with Crippen molar-refractivity contribution >= 4 is 11.6 Å². The topological polar surface area (TPSA) is 68.3 Å². The first kappa shape index (κ1) is 15.8. The summed E-state index contributed by atoms with van der Waals surface area (Å²) < 4.78 is 3.87. The summed E-state index contributed by atoms with van der Waals surface area (Å²) in [6.07, 6.45) is 11.0. The van der Waals surface area contributed by atoms with Gasteiger partial charge in [0.05, 0.1) is 12.2 Å². The van der Waals surface area contributed by atoms with Crippen molar-refractivity contribution in [3.05, 3.63) is 48.4 Å². The first-order chi connectivity index (χ1) is 12.1. The van der Waals surface area contributed by atoms with Crippen molar-refractivity contribution < 1.29 is 4.79 Å². The first-order valence-corrected chi connectivity index (χ1v) is 8.75. The Kier molecular flexibility index (Phi) is 3.99. The predicted molar refractivity (Wildman–Crippen MR) is 93.5 cm³/mol. The summed E-state index contributed by atoms with van der Waals surface area (Å²) in [5, 5.41) is 4.23. The van der Waals surface area contributed by atoms with Crippen molar-refractivity contribution in [3.8, 4) is 0 Å². The molecule has 0 radical (unpaired) electrons. The molecule has 3 aromatic heterocycles. The molecule has 4 rings (SSSR count). The third-order valence-corrected chi connectivity index (χ3v) is 4.80. The summed E-state index contributed by atoms with van der Waals surface area (Å²) in [5.41, 5.74) is 1.18. The van der Waals surface area contributed by atoms with Crippen LogP contribution in [0.15, 0.2) is 37.1 Å². The quantitative estimate of drug-likeness (QED) is 0.736. The van der Waals surface area contributed by atoms with Crippen LogP contribution in [0.25, 0.3) is 5.65 Å². The van der Waals surface area contributed by atoms with Crippen LogP contribution < -0.4 is 0 Å². The Morgan fingerprint density at radius 3 is 2.96 bits per heavy atom. The fraction of sp³-hybridized carbons (Fsp3) is 0.444. The van der Waals surface area contributed by atoms with Gasteiger partial charge in [-0.3, -0.25) is 4.79 Å². The highest BCUT2D eigenvalue weighted by Gasteiger charge is 2.28. The Hall–Kier alpha value is -2.70. The Labute approximate surface area is 146 Å². The van der Waals surface area contributed by atoms with E-state index in [4.69, 9.17) is 0 Å². The number of aromatic nitrogens is 5. The summed E-state index contributed by atoms with van der Waals surface area (Å²) in [7, 11) is 0. The number of rotatable bonds is 3. The van der Waals surface area contributed by atoms with Crippen LogP contribution in [0.1, 0.15) is 54.8 Å². The molecule has 7 nitrogen and oxygen atoms in total. The molecule has 0 saturated carbocycles. The second-order valence-electron chi connectivity index (χ2n) is 6.84. The molecule has 1 amide bonds. The highest BCUT2D eigenvalue weighted by atomic mass is 16.2. The molecule has 25 heavy (non-hydrogen) atoms. The van der Waals surface area contributed by atoms with Crippen molar-refractivity contribution in [1.29, 1.82) is 0 Å². The van der Waals surface area contributed by atoms with Crippen molar-refractivity contribution in [2.24, 2.45) is 0 Å². The van der Waals surface area contributed by atoms with Crippen LogP contribution in [0.5, 0.6) is 0 Å². The number of hydrogen-bond acceptors (Lipinski definition) is 4. The van der Waals surface area contributed by atoms with Crippen LogP contribution in [0.2, 0.25) is 0 Å². The molecule has 0 aromatic carbocycles. The molecule has 1 unspecified atom stereocenters. The van der Waals surface area contributed by atoms with Crippen molar-refractivity contribution in [3.63, 3.8) is 0 Å². The Bertz CT molecular complexity index is 896. The highest BCUT2D eigenvalue weighted by molar-refractivity contribution is 5.99. The van der Waals surface area contributed by atoms with E-state index >= 15 is 0 Å². The number of nitrogens with zero attached hydrogens (tertiary/aromatic N) is 6. The van der Waals surface area contributed by atoms with Crippen LogP contribution in [0, 0.1) is 0 Å². The van der Waals surface area contributed by atoms with E-state index in [1.807, 2.05) is 17.3 Å². The molecule has 7 heteroatoms. The van der Waals surface area contributed by atoms with Gasteiger partial charge in [0.1, 0.15) is 11.4 Å². The zero-order chi connectivity index (χ0) is 17.4. The van der Waals surface area contributed by atoms with Gasteiger partial charge in [0, 0.05) is 43.8 Å². The Morgan fingerprint density at radius 2 is 2.12 bits per heavy atom. The molecule has 0 aliphatic carbocycles. The van der Waals surface area contributed by atoms with E-state index in [0.29, 0.717) is 23.7 Å². The minimum absolute atomic E-state index is 0.00427. The summed E-state index contributed by atoms with van der Waals surface area (Å²) in [6, 6.07) is 2.07. The number of piperidine rings is 1. The van der Waals surface area contributed by atoms with Crippen LogP contribution in [-0.4, -0.2) is 48.0 Å². The zero-order valence-corrected chi connectivity index (χ0v) is 14.5. The van der Waals surface area contributed by atoms with Gasteiger partial charge in [0.2, 0.25) is 0 Å². The largest absolute Gasteiger partial charge is 0.336 e. The highest BCUT2D eigenvalue weighted by Crippen LogP contribution is 2.26. The Balaban J connectivity index is 1.59. The van der Waals surface area contributed by atoms with E-state index in [1.54, 1.807) is 29.2 Å². The lowest BCUT2D eigenvalue weighted by atomic mass is 10.0. The van der Waals surface area contributed by atoms with Crippen molar-refractivity contribution in [2.75, 3.05) is 13.1 Å². The minimum Gasteiger partial charge on any atom is -0.336 e. The number of likely N-dealkylation sites (tertiary alicyclic amines) is 1. The molecular formula is C18H22N6O. The molecule has 1 saturated heterocycles. The fourth-order valence-corrected chi connectivity index (χ4v) is 3.60. The van der Waals surface area contributed by atoms with Gasteiger partial charge in [0.25, 0.3) is 5.91 Å². The van der Waals surface area contributed by atoms with E-state index in [1.165, 1.54) is 0 Å². The molecule has 0 bridgehead atoms. The zero-order valence-electron chi connectivity index (χ0n) is 14.5. The number of carbonyl (C=O) groups is 1. The monoisotopic (exact) mass is 338 g/mol. The summed E-state index contributed by atoms with van der Waals surface area (Å²) >= 11 is 0. The lowest BCUT2D eigenvalue weighted by Crippen LogP contribution is -2.41. The Morgan fingerprint density at radius 1 is 1.24 bits per heavy atom. The molecular weight excluding hydrogens is 316 g/mol. The number of amides is 1. The summed E-state index contributed by atoms with van der Waals surface area (Å²) in [5.74, 6) is 1.45. The molecule has 0 N–H and O–H groups in total. The molecule has 1 aliphatic rings. The average molecular weight is 338 g/mol. The van der Waals surface area contributed by atoms with Gasteiger partial charge in [-0.05, 0) is 18.9 Å². The predicted octanol–water partition coefficient (Wildman–Crippen LogP) is 2.53. The minimum atomic E-state index is 0.00427. The van der Waals surface area contributed by atoms with Crippen LogP contribution in [0.3, 0.4) is 0 Å². The normalized spacial score (nSPS) is 18.2. The van der Waals surface area contributed by atoms with Crippen LogP contribution in [-0.2, 0) is 0 Å². The number of fused-ring (bicyclic) bond motifs is 1. The van der Waals surface area contributed by atoms with Crippen molar-refractivity contribution in [1.82, 2.24) is 29.0 Å². The fourth-order valence-electron chi connectivity index (χ4n) is 3.60. The van der Waals surface area contributed by atoms with Gasteiger partial charge >= 0.3 is 0 Å². The maximum absolute atomic E-state index is 13.0.